The van der Waals surface area contributed by atoms with Crippen molar-refractivity contribution >= 4 is 23.4 Å². The van der Waals surface area contributed by atoms with E-state index in [9.17, 15) is 4.79 Å². The second-order valence-electron chi connectivity index (χ2n) is 5.28. The van der Waals surface area contributed by atoms with Crippen LogP contribution in [0.5, 0.6) is 0 Å². The van der Waals surface area contributed by atoms with Gasteiger partial charge in [0.1, 0.15) is 11.4 Å². The number of carbonyl (C=O) groups is 1. The number of fused-ring (bicyclic) bond motifs is 1. The lowest BCUT2D eigenvalue weighted by Crippen LogP contribution is -2.22. The highest BCUT2D eigenvalue weighted by atomic mass is 35.5. The SMILES string of the molecule is CCOC(=O)c1c(C)nn2c1N(Cc1ccc(Cl)cc1)CC2. The van der Waals surface area contributed by atoms with Gasteiger partial charge in [-0.3, -0.25) is 0 Å². The Morgan fingerprint density at radius 1 is 1.32 bits per heavy atom. The third-order valence-corrected chi connectivity index (χ3v) is 4.00. The van der Waals surface area contributed by atoms with Crippen molar-refractivity contribution in [1.29, 1.82) is 0 Å². The molecule has 0 radical (unpaired) electrons. The minimum Gasteiger partial charge on any atom is -0.462 e. The van der Waals surface area contributed by atoms with Gasteiger partial charge >= 0.3 is 5.97 Å². The third kappa shape index (κ3) is 2.68. The highest BCUT2D eigenvalue weighted by Crippen LogP contribution is 2.30. The Balaban J connectivity index is 1.89. The largest absolute Gasteiger partial charge is 0.462 e. The summed E-state index contributed by atoms with van der Waals surface area (Å²) in [6.45, 7) is 6.34. The van der Waals surface area contributed by atoms with E-state index in [0.29, 0.717) is 24.4 Å². The van der Waals surface area contributed by atoms with Crippen LogP contribution in [0, 0.1) is 6.92 Å². The van der Waals surface area contributed by atoms with Gasteiger partial charge in [0.25, 0.3) is 0 Å². The molecule has 0 atom stereocenters. The van der Waals surface area contributed by atoms with Gasteiger partial charge < -0.3 is 9.64 Å². The fourth-order valence-corrected chi connectivity index (χ4v) is 2.90. The number of aromatic nitrogens is 2. The number of aryl methyl sites for hydroxylation is 1. The number of hydrogen-bond acceptors (Lipinski definition) is 4. The number of rotatable bonds is 4. The Kier molecular flexibility index (Phi) is 4.07. The van der Waals surface area contributed by atoms with Crippen LogP contribution in [0.25, 0.3) is 0 Å². The fraction of sp³-hybridized carbons (Fsp3) is 0.375. The van der Waals surface area contributed by atoms with Crippen molar-refractivity contribution in [2.75, 3.05) is 18.1 Å². The van der Waals surface area contributed by atoms with E-state index < -0.39 is 0 Å². The molecule has 3 rings (SSSR count). The van der Waals surface area contributed by atoms with E-state index in [1.807, 2.05) is 42.8 Å². The molecule has 116 valence electrons. The van der Waals surface area contributed by atoms with Crippen molar-refractivity contribution < 1.29 is 9.53 Å². The summed E-state index contributed by atoms with van der Waals surface area (Å²) in [7, 11) is 0. The first-order chi connectivity index (χ1) is 10.6. The average Bonchev–Trinajstić information content (AvgIpc) is 3.00. The van der Waals surface area contributed by atoms with E-state index in [-0.39, 0.29) is 5.97 Å². The van der Waals surface area contributed by atoms with Gasteiger partial charge in [-0.05, 0) is 31.5 Å². The van der Waals surface area contributed by atoms with Crippen molar-refractivity contribution in [1.82, 2.24) is 9.78 Å². The molecule has 0 saturated heterocycles. The highest BCUT2D eigenvalue weighted by molar-refractivity contribution is 6.30. The minimum absolute atomic E-state index is 0.302. The molecule has 0 saturated carbocycles. The summed E-state index contributed by atoms with van der Waals surface area (Å²) in [4.78, 5) is 14.4. The zero-order chi connectivity index (χ0) is 15.7. The molecule has 6 heteroatoms. The Bertz CT molecular complexity index is 694. The van der Waals surface area contributed by atoms with Gasteiger partial charge in [-0.2, -0.15) is 5.10 Å². The Labute approximate surface area is 134 Å². The molecular formula is C16H18ClN3O2. The summed E-state index contributed by atoms with van der Waals surface area (Å²) in [5.74, 6) is 0.551. The van der Waals surface area contributed by atoms with Crippen molar-refractivity contribution in [3.05, 3.63) is 46.1 Å². The molecule has 0 amide bonds. The number of hydrogen-bond donors (Lipinski definition) is 0. The molecule has 0 bridgehead atoms. The Morgan fingerprint density at radius 3 is 2.73 bits per heavy atom. The van der Waals surface area contributed by atoms with E-state index >= 15 is 0 Å². The van der Waals surface area contributed by atoms with E-state index in [4.69, 9.17) is 16.3 Å². The molecule has 1 aliphatic heterocycles. The molecule has 0 N–H and O–H groups in total. The molecule has 0 fully saturated rings. The van der Waals surface area contributed by atoms with Crippen LogP contribution in [0.1, 0.15) is 28.5 Å². The molecule has 1 aromatic carbocycles. The van der Waals surface area contributed by atoms with Gasteiger partial charge in [-0.25, -0.2) is 9.48 Å². The van der Waals surface area contributed by atoms with Gasteiger partial charge in [-0.1, -0.05) is 23.7 Å². The fourth-order valence-electron chi connectivity index (χ4n) is 2.77. The molecule has 5 nitrogen and oxygen atoms in total. The van der Waals surface area contributed by atoms with Gasteiger partial charge in [0.05, 0.1) is 18.8 Å². The van der Waals surface area contributed by atoms with Crippen molar-refractivity contribution in [2.45, 2.75) is 26.9 Å². The van der Waals surface area contributed by atoms with Crippen LogP contribution in [-0.4, -0.2) is 28.9 Å². The van der Waals surface area contributed by atoms with Crippen LogP contribution in [0.3, 0.4) is 0 Å². The quantitative estimate of drug-likeness (QED) is 0.813. The maximum atomic E-state index is 12.2. The number of anilines is 1. The molecule has 1 aliphatic rings. The number of carbonyl (C=O) groups excluding carboxylic acids is 1. The summed E-state index contributed by atoms with van der Waals surface area (Å²) in [6.07, 6.45) is 0. The van der Waals surface area contributed by atoms with E-state index in [1.165, 1.54) is 0 Å². The normalized spacial score (nSPS) is 13.3. The van der Waals surface area contributed by atoms with Crippen LogP contribution in [0.4, 0.5) is 5.82 Å². The second-order valence-corrected chi connectivity index (χ2v) is 5.71. The average molecular weight is 320 g/mol. The molecule has 1 aromatic heterocycles. The van der Waals surface area contributed by atoms with Crippen LogP contribution < -0.4 is 4.90 Å². The molecule has 2 heterocycles. The maximum absolute atomic E-state index is 12.2. The summed E-state index contributed by atoms with van der Waals surface area (Å²) < 4.78 is 7.06. The van der Waals surface area contributed by atoms with E-state index in [0.717, 1.165) is 29.5 Å². The molecular weight excluding hydrogens is 302 g/mol. The second kappa shape index (κ2) is 6.01. The number of esters is 1. The topological polar surface area (TPSA) is 47.4 Å². The number of ether oxygens (including phenoxy) is 1. The van der Waals surface area contributed by atoms with E-state index in [1.54, 1.807) is 0 Å². The zero-order valence-electron chi connectivity index (χ0n) is 12.7. The standard InChI is InChI=1S/C16H18ClN3O2/c1-3-22-16(21)14-11(2)18-20-9-8-19(15(14)20)10-12-4-6-13(17)7-5-12/h4-7H,3,8-10H2,1-2H3. The summed E-state index contributed by atoms with van der Waals surface area (Å²) in [5, 5.41) is 5.17. The van der Waals surface area contributed by atoms with Gasteiger partial charge in [0, 0.05) is 18.1 Å². The zero-order valence-corrected chi connectivity index (χ0v) is 13.4. The van der Waals surface area contributed by atoms with Crippen molar-refractivity contribution in [3.8, 4) is 0 Å². The molecule has 0 spiro atoms. The highest BCUT2D eigenvalue weighted by Gasteiger charge is 2.30. The van der Waals surface area contributed by atoms with Gasteiger partial charge in [0.15, 0.2) is 0 Å². The van der Waals surface area contributed by atoms with Crippen LogP contribution in [0.2, 0.25) is 5.02 Å². The van der Waals surface area contributed by atoms with Crippen LogP contribution in [-0.2, 0) is 17.8 Å². The number of nitrogens with zero attached hydrogens (tertiary/aromatic N) is 3. The minimum atomic E-state index is -0.302. The first-order valence-corrected chi connectivity index (χ1v) is 7.72. The van der Waals surface area contributed by atoms with E-state index in [2.05, 4.69) is 10.00 Å². The molecule has 22 heavy (non-hydrogen) atoms. The lowest BCUT2D eigenvalue weighted by Gasteiger charge is -2.18. The maximum Gasteiger partial charge on any atom is 0.343 e. The predicted molar refractivity (Wildman–Crippen MR) is 85.4 cm³/mol. The van der Waals surface area contributed by atoms with Gasteiger partial charge in [0.2, 0.25) is 0 Å². The van der Waals surface area contributed by atoms with Crippen molar-refractivity contribution in [3.63, 3.8) is 0 Å². The monoisotopic (exact) mass is 319 g/mol. The van der Waals surface area contributed by atoms with Crippen LogP contribution >= 0.6 is 11.6 Å². The Morgan fingerprint density at radius 2 is 2.05 bits per heavy atom. The van der Waals surface area contributed by atoms with Gasteiger partial charge in [-0.15, -0.1) is 0 Å². The Hall–Kier alpha value is -2.01. The first-order valence-electron chi connectivity index (χ1n) is 7.34. The van der Waals surface area contributed by atoms with Crippen molar-refractivity contribution in [2.24, 2.45) is 0 Å². The number of benzene rings is 1. The molecule has 0 aliphatic carbocycles. The summed E-state index contributed by atoms with van der Waals surface area (Å²) >= 11 is 5.93. The lowest BCUT2D eigenvalue weighted by molar-refractivity contribution is 0.0526. The van der Waals surface area contributed by atoms with Crippen LogP contribution in [0.15, 0.2) is 24.3 Å². The smallest absolute Gasteiger partial charge is 0.343 e. The lowest BCUT2D eigenvalue weighted by atomic mass is 10.2. The summed E-state index contributed by atoms with van der Waals surface area (Å²) in [5.41, 5.74) is 2.44. The molecule has 2 aromatic rings. The first kappa shape index (κ1) is 14.9. The number of halogens is 1. The third-order valence-electron chi connectivity index (χ3n) is 3.75. The molecule has 0 unspecified atom stereocenters. The predicted octanol–water partition coefficient (Wildman–Crippen LogP) is 3.04. The summed E-state index contributed by atoms with van der Waals surface area (Å²) in [6, 6.07) is 7.75.